The Morgan fingerprint density at radius 1 is 1.80 bits per heavy atom. The smallest absolute Gasteiger partial charge is 0.152 e. The van der Waals surface area contributed by atoms with E-state index in [1.54, 1.807) is 0 Å². The summed E-state index contributed by atoms with van der Waals surface area (Å²) in [6, 6.07) is 1.85. The van der Waals surface area contributed by atoms with Gasteiger partial charge in [0, 0.05) is 18.0 Å². The highest BCUT2D eigenvalue weighted by atomic mass is 35.5. The van der Waals surface area contributed by atoms with Gasteiger partial charge in [-0.3, -0.25) is 9.41 Å². The fourth-order valence-corrected chi connectivity index (χ4v) is 0.995. The van der Waals surface area contributed by atoms with Crippen LogP contribution in [0, 0.1) is 11.3 Å². The maximum absolute atomic E-state index is 8.45. The van der Waals surface area contributed by atoms with Crippen molar-refractivity contribution in [2.75, 3.05) is 6.67 Å². The molecule has 0 unspecified atom stereocenters. The maximum Gasteiger partial charge on any atom is 0.152 e. The molecule has 1 heterocycles. The minimum Gasteiger partial charge on any atom is -0.269 e. The highest BCUT2D eigenvalue weighted by Gasteiger charge is 2.12. The lowest BCUT2D eigenvalue weighted by Gasteiger charge is -2.14. The molecule has 0 radical (unpaired) electrons. The molecule has 0 aromatic rings. The largest absolute Gasteiger partial charge is 0.269 e. The molecule has 0 saturated heterocycles. The Morgan fingerprint density at radius 2 is 2.50 bits per heavy atom. The number of nitriles is 1. The van der Waals surface area contributed by atoms with E-state index >= 15 is 0 Å². The Labute approximate surface area is 68.3 Å². The number of halogens is 2. The molecule has 5 heteroatoms. The second-order valence-electron chi connectivity index (χ2n) is 1.62. The Bertz CT molecular complexity index is 238. The molecule has 52 valence electrons. The Kier molecular flexibility index (Phi) is 2.15. The van der Waals surface area contributed by atoms with Gasteiger partial charge in [-0.15, -0.1) is 0 Å². The number of nitrogens with zero attached hydrogens (tertiary/aromatic N) is 3. The summed E-state index contributed by atoms with van der Waals surface area (Å²) < 4.78 is 1.17. The fourth-order valence-electron chi connectivity index (χ4n) is 0.548. The highest BCUT2D eigenvalue weighted by molar-refractivity contribution is 6.40. The molecule has 0 atom stereocenters. The molecule has 0 N–H and O–H groups in total. The number of aliphatic imine (C=N–C) groups is 1. The van der Waals surface area contributed by atoms with Gasteiger partial charge in [0.2, 0.25) is 0 Å². The number of hydrogen-bond donors (Lipinski definition) is 0. The molecule has 0 aliphatic carbocycles. The molecule has 0 aromatic carbocycles. The van der Waals surface area contributed by atoms with Gasteiger partial charge in [0.05, 0.1) is 5.03 Å². The van der Waals surface area contributed by atoms with E-state index in [4.69, 9.17) is 28.6 Å². The Balaban J connectivity index is 2.97. The van der Waals surface area contributed by atoms with Gasteiger partial charge < -0.3 is 0 Å². The van der Waals surface area contributed by atoms with Crippen LogP contribution in [0.1, 0.15) is 0 Å². The van der Waals surface area contributed by atoms with Gasteiger partial charge in [-0.05, 0) is 0 Å². The van der Waals surface area contributed by atoms with Crippen LogP contribution in [-0.4, -0.2) is 17.3 Å². The van der Waals surface area contributed by atoms with Gasteiger partial charge in [-0.25, -0.2) is 0 Å². The molecule has 1 aliphatic heterocycles. The lowest BCUT2D eigenvalue weighted by Crippen LogP contribution is -2.15. The summed E-state index contributed by atoms with van der Waals surface area (Å²) in [4.78, 5) is 3.77. The maximum atomic E-state index is 8.45. The first-order valence-corrected chi connectivity index (χ1v) is 3.20. The molecule has 10 heavy (non-hydrogen) atoms. The summed E-state index contributed by atoms with van der Waals surface area (Å²) in [5.74, 6) is 0. The summed E-state index contributed by atoms with van der Waals surface area (Å²) in [5.41, 5.74) is 0.248. The van der Waals surface area contributed by atoms with E-state index in [1.165, 1.54) is 10.6 Å². The van der Waals surface area contributed by atoms with Crippen molar-refractivity contribution in [2.45, 2.75) is 0 Å². The number of hydrogen-bond acceptors (Lipinski definition) is 3. The van der Waals surface area contributed by atoms with Crippen LogP contribution in [-0.2, 0) is 0 Å². The summed E-state index contributed by atoms with van der Waals surface area (Å²) in [7, 11) is 0. The molecular weight excluding hydrogens is 173 g/mol. The van der Waals surface area contributed by atoms with Crippen molar-refractivity contribution in [1.29, 1.82) is 5.26 Å². The summed E-state index contributed by atoms with van der Waals surface area (Å²) >= 11 is 11.1. The third-order valence-electron chi connectivity index (χ3n) is 0.985. The van der Waals surface area contributed by atoms with Crippen LogP contribution in [0.2, 0.25) is 0 Å². The molecule has 0 fully saturated rings. The highest BCUT2D eigenvalue weighted by Crippen LogP contribution is 2.17. The quantitative estimate of drug-likeness (QED) is 0.524. The van der Waals surface area contributed by atoms with Gasteiger partial charge in [0.15, 0.2) is 5.70 Å². The van der Waals surface area contributed by atoms with Crippen molar-refractivity contribution in [3.8, 4) is 6.07 Å². The lowest BCUT2D eigenvalue weighted by molar-refractivity contribution is 0.587. The van der Waals surface area contributed by atoms with Gasteiger partial charge in [0.1, 0.15) is 12.7 Å². The summed E-state index contributed by atoms with van der Waals surface area (Å²) in [5, 5.41) is 8.73. The zero-order chi connectivity index (χ0) is 7.56. The third-order valence-corrected chi connectivity index (χ3v) is 1.54. The van der Waals surface area contributed by atoms with Crippen LogP contribution >= 0.6 is 23.4 Å². The number of allylic oxidation sites excluding steroid dienone is 2. The monoisotopic (exact) mass is 175 g/mol. The van der Waals surface area contributed by atoms with E-state index in [0.717, 1.165) is 0 Å². The summed E-state index contributed by atoms with van der Waals surface area (Å²) in [6.45, 7) is 0.278. The van der Waals surface area contributed by atoms with E-state index in [2.05, 4.69) is 4.99 Å². The second kappa shape index (κ2) is 2.91. The predicted molar refractivity (Wildman–Crippen MR) is 39.5 cm³/mol. The SMILES string of the molecule is N#CC1=C(Cl)C=NCN1Cl. The molecule has 0 amide bonds. The van der Waals surface area contributed by atoms with Crippen molar-refractivity contribution in [2.24, 2.45) is 4.99 Å². The van der Waals surface area contributed by atoms with E-state index in [0.29, 0.717) is 0 Å². The van der Waals surface area contributed by atoms with E-state index in [9.17, 15) is 0 Å². The average Bonchev–Trinajstić information content (AvgIpc) is 1.88. The van der Waals surface area contributed by atoms with Crippen molar-refractivity contribution < 1.29 is 0 Å². The average molecular weight is 176 g/mol. The van der Waals surface area contributed by atoms with Crippen molar-refractivity contribution in [1.82, 2.24) is 4.42 Å². The zero-order valence-corrected chi connectivity index (χ0v) is 6.39. The van der Waals surface area contributed by atoms with Crippen molar-refractivity contribution in [3.63, 3.8) is 0 Å². The predicted octanol–water partition coefficient (Wildman–Crippen LogP) is 1.46. The van der Waals surface area contributed by atoms with Crippen LogP contribution in [0.25, 0.3) is 0 Å². The fraction of sp³-hybridized carbons (Fsp3) is 0.200. The van der Waals surface area contributed by atoms with Gasteiger partial charge in [0.25, 0.3) is 0 Å². The van der Waals surface area contributed by atoms with Crippen LogP contribution < -0.4 is 0 Å². The van der Waals surface area contributed by atoms with Gasteiger partial charge in [-0.2, -0.15) is 5.26 Å². The third kappa shape index (κ3) is 1.23. The van der Waals surface area contributed by atoms with Crippen molar-refractivity contribution >= 4 is 29.6 Å². The molecular formula is C5H3Cl2N3. The molecule has 1 rings (SSSR count). The zero-order valence-electron chi connectivity index (χ0n) is 4.88. The minimum absolute atomic E-state index is 0.248. The van der Waals surface area contributed by atoms with Crippen LogP contribution in [0.4, 0.5) is 0 Å². The first-order valence-electron chi connectivity index (χ1n) is 2.48. The van der Waals surface area contributed by atoms with Crippen LogP contribution in [0.15, 0.2) is 15.7 Å². The number of rotatable bonds is 0. The Morgan fingerprint density at radius 3 is 2.90 bits per heavy atom. The van der Waals surface area contributed by atoms with Crippen LogP contribution in [0.5, 0.6) is 0 Å². The lowest BCUT2D eigenvalue weighted by atomic mass is 10.4. The van der Waals surface area contributed by atoms with Gasteiger partial charge >= 0.3 is 0 Å². The second-order valence-corrected chi connectivity index (χ2v) is 2.44. The first-order chi connectivity index (χ1) is 4.75. The first kappa shape index (κ1) is 7.39. The minimum atomic E-state index is 0.248. The summed E-state index contributed by atoms with van der Waals surface area (Å²) in [6.07, 6.45) is 1.42. The van der Waals surface area contributed by atoms with E-state index in [1.807, 2.05) is 6.07 Å². The standard InChI is InChI=1S/C5H3Cl2N3/c6-4-2-9-3-10(7)5(4)1-8/h2H,3H2. The van der Waals surface area contributed by atoms with E-state index < -0.39 is 0 Å². The molecule has 1 aliphatic rings. The molecule has 0 saturated carbocycles. The normalized spacial score (nSPS) is 17.5. The topological polar surface area (TPSA) is 39.4 Å². The van der Waals surface area contributed by atoms with Gasteiger partial charge in [-0.1, -0.05) is 11.6 Å². The Hall–Kier alpha value is -0.720. The van der Waals surface area contributed by atoms with Crippen molar-refractivity contribution in [3.05, 3.63) is 10.7 Å². The molecule has 0 aromatic heterocycles. The molecule has 0 spiro atoms. The van der Waals surface area contributed by atoms with E-state index in [-0.39, 0.29) is 17.4 Å². The molecule has 0 bridgehead atoms. The molecule has 3 nitrogen and oxygen atoms in total. The van der Waals surface area contributed by atoms with Crippen LogP contribution in [0.3, 0.4) is 0 Å².